The largest absolute Gasteiger partial charge is 0.250 e. The molecular formula is C7H8N2. The van der Waals surface area contributed by atoms with E-state index in [0.717, 1.165) is 6.42 Å². The summed E-state index contributed by atoms with van der Waals surface area (Å²) >= 11 is 0. The summed E-state index contributed by atoms with van der Waals surface area (Å²) in [7, 11) is 0. The van der Waals surface area contributed by atoms with E-state index in [0.29, 0.717) is 11.6 Å². The molecule has 0 spiro atoms. The summed E-state index contributed by atoms with van der Waals surface area (Å²) in [5, 5.41) is 8.39. The van der Waals surface area contributed by atoms with Crippen molar-refractivity contribution in [2.75, 3.05) is 0 Å². The average Bonchev–Trinajstić information content (AvgIpc) is 1.88. The molecule has 1 aliphatic rings. The summed E-state index contributed by atoms with van der Waals surface area (Å²) in [6, 6.07) is 2.03. The van der Waals surface area contributed by atoms with Crippen LogP contribution in [0.2, 0.25) is 0 Å². The molecule has 1 rings (SSSR count). The second-order valence-electron chi connectivity index (χ2n) is 2.21. The summed E-state index contributed by atoms with van der Waals surface area (Å²) in [5.41, 5.74) is 0.644. The Morgan fingerprint density at radius 3 is 3.11 bits per heavy atom. The second kappa shape index (κ2) is 2.45. The predicted octanol–water partition coefficient (Wildman–Crippen LogP) is 1.50. The van der Waals surface area contributed by atoms with Crippen molar-refractivity contribution >= 4 is 5.71 Å². The van der Waals surface area contributed by atoms with Gasteiger partial charge in [0.1, 0.15) is 11.8 Å². The van der Waals surface area contributed by atoms with Crippen molar-refractivity contribution in [3.05, 3.63) is 12.3 Å². The Kier molecular flexibility index (Phi) is 1.64. The Hall–Kier alpha value is -1.10. The van der Waals surface area contributed by atoms with Crippen LogP contribution in [0.15, 0.2) is 17.3 Å². The number of nitriles is 1. The highest BCUT2D eigenvalue weighted by Crippen LogP contribution is 2.09. The molecule has 46 valence electrons. The van der Waals surface area contributed by atoms with Gasteiger partial charge >= 0.3 is 0 Å². The van der Waals surface area contributed by atoms with Crippen molar-refractivity contribution in [2.24, 2.45) is 10.9 Å². The summed E-state index contributed by atoms with van der Waals surface area (Å²) in [5.74, 6) is 0.483. The zero-order valence-corrected chi connectivity index (χ0v) is 5.33. The lowest BCUT2D eigenvalue weighted by Crippen LogP contribution is -2.03. The van der Waals surface area contributed by atoms with E-state index in [1.807, 2.05) is 12.1 Å². The van der Waals surface area contributed by atoms with Crippen LogP contribution < -0.4 is 0 Å². The van der Waals surface area contributed by atoms with Gasteiger partial charge in [-0.2, -0.15) is 5.26 Å². The predicted molar refractivity (Wildman–Crippen MR) is 36.0 cm³/mol. The molecule has 0 saturated heterocycles. The maximum atomic E-state index is 8.39. The van der Waals surface area contributed by atoms with Gasteiger partial charge in [0.15, 0.2) is 0 Å². The van der Waals surface area contributed by atoms with E-state index < -0.39 is 0 Å². The minimum absolute atomic E-state index is 0.483. The van der Waals surface area contributed by atoms with Gasteiger partial charge in [-0.1, -0.05) is 13.0 Å². The molecule has 0 saturated carbocycles. The van der Waals surface area contributed by atoms with Gasteiger partial charge < -0.3 is 0 Å². The highest BCUT2D eigenvalue weighted by Gasteiger charge is 2.05. The molecule has 0 aromatic rings. The van der Waals surface area contributed by atoms with Crippen molar-refractivity contribution in [3.8, 4) is 6.07 Å². The second-order valence-corrected chi connectivity index (χ2v) is 2.21. The fourth-order valence-electron chi connectivity index (χ4n) is 0.780. The van der Waals surface area contributed by atoms with Gasteiger partial charge in [0.25, 0.3) is 0 Å². The van der Waals surface area contributed by atoms with E-state index in [-0.39, 0.29) is 0 Å². The minimum Gasteiger partial charge on any atom is -0.250 e. The number of nitrogens with zero attached hydrogens (tertiary/aromatic N) is 2. The third-order valence-corrected chi connectivity index (χ3v) is 1.29. The van der Waals surface area contributed by atoms with Crippen LogP contribution in [0.5, 0.6) is 0 Å². The van der Waals surface area contributed by atoms with E-state index in [4.69, 9.17) is 5.26 Å². The molecule has 9 heavy (non-hydrogen) atoms. The Morgan fingerprint density at radius 2 is 2.67 bits per heavy atom. The van der Waals surface area contributed by atoms with Crippen LogP contribution in [0, 0.1) is 17.2 Å². The zero-order valence-electron chi connectivity index (χ0n) is 5.33. The molecule has 0 N–H and O–H groups in total. The van der Waals surface area contributed by atoms with Crippen LogP contribution >= 0.6 is 0 Å². The van der Waals surface area contributed by atoms with Crippen molar-refractivity contribution < 1.29 is 0 Å². The highest BCUT2D eigenvalue weighted by molar-refractivity contribution is 5.99. The number of aliphatic imine (C=N–C) groups is 1. The van der Waals surface area contributed by atoms with Gasteiger partial charge in [0.05, 0.1) is 0 Å². The quantitative estimate of drug-likeness (QED) is 0.477. The Balaban J connectivity index is 2.69. The molecular weight excluding hydrogens is 112 g/mol. The fraction of sp³-hybridized carbons (Fsp3) is 0.429. The van der Waals surface area contributed by atoms with Crippen LogP contribution in [0.4, 0.5) is 0 Å². The molecule has 2 heteroatoms. The van der Waals surface area contributed by atoms with Crippen molar-refractivity contribution in [1.29, 1.82) is 5.26 Å². The first-order valence-electron chi connectivity index (χ1n) is 2.96. The molecule has 2 nitrogen and oxygen atoms in total. The first kappa shape index (κ1) is 6.03. The maximum Gasteiger partial charge on any atom is 0.118 e. The molecule has 0 radical (unpaired) electrons. The molecule has 0 aromatic carbocycles. The SMILES string of the molecule is CC1C=CN=C(C#N)C1. The van der Waals surface area contributed by atoms with Crippen LogP contribution in [-0.2, 0) is 0 Å². The maximum absolute atomic E-state index is 8.39. The van der Waals surface area contributed by atoms with E-state index >= 15 is 0 Å². The van der Waals surface area contributed by atoms with E-state index in [1.165, 1.54) is 0 Å². The van der Waals surface area contributed by atoms with Crippen molar-refractivity contribution in [1.82, 2.24) is 0 Å². The monoisotopic (exact) mass is 120 g/mol. The summed E-state index contributed by atoms with van der Waals surface area (Å²) in [6.07, 6.45) is 4.50. The number of hydrogen-bond donors (Lipinski definition) is 0. The molecule has 1 aliphatic heterocycles. The van der Waals surface area contributed by atoms with Gasteiger partial charge in [-0.3, -0.25) is 4.99 Å². The average molecular weight is 120 g/mol. The fourth-order valence-corrected chi connectivity index (χ4v) is 0.780. The molecule has 0 amide bonds. The molecule has 0 fully saturated rings. The van der Waals surface area contributed by atoms with Gasteiger partial charge in [0, 0.05) is 12.6 Å². The Bertz CT molecular complexity index is 195. The van der Waals surface area contributed by atoms with Gasteiger partial charge in [0.2, 0.25) is 0 Å². The molecule has 0 aromatic heterocycles. The normalized spacial score (nSPS) is 24.9. The molecule has 1 unspecified atom stereocenters. The lowest BCUT2D eigenvalue weighted by atomic mass is 10.0. The van der Waals surface area contributed by atoms with Crippen molar-refractivity contribution in [2.45, 2.75) is 13.3 Å². The molecule has 0 aliphatic carbocycles. The van der Waals surface area contributed by atoms with Gasteiger partial charge in [-0.25, -0.2) is 0 Å². The summed E-state index contributed by atoms with van der Waals surface area (Å²) < 4.78 is 0. The lowest BCUT2D eigenvalue weighted by Gasteiger charge is -2.05. The first-order chi connectivity index (χ1) is 4.33. The summed E-state index contributed by atoms with van der Waals surface area (Å²) in [6.45, 7) is 2.07. The number of hydrogen-bond acceptors (Lipinski definition) is 2. The number of allylic oxidation sites excluding steroid dienone is 1. The van der Waals surface area contributed by atoms with E-state index in [9.17, 15) is 0 Å². The topological polar surface area (TPSA) is 36.1 Å². The highest BCUT2D eigenvalue weighted by atomic mass is 14.7. The van der Waals surface area contributed by atoms with Crippen LogP contribution in [0.1, 0.15) is 13.3 Å². The summed E-state index contributed by atoms with van der Waals surface area (Å²) in [4.78, 5) is 3.87. The molecule has 1 atom stereocenters. The minimum atomic E-state index is 0.483. The first-order valence-corrected chi connectivity index (χ1v) is 2.96. The third kappa shape index (κ3) is 1.39. The Labute approximate surface area is 54.5 Å². The van der Waals surface area contributed by atoms with Crippen molar-refractivity contribution in [3.63, 3.8) is 0 Å². The standard InChI is InChI=1S/C7H8N2/c1-6-2-3-9-7(4-6)5-8/h2-3,6H,4H2,1H3. The van der Waals surface area contributed by atoms with E-state index in [2.05, 4.69) is 11.9 Å². The van der Waals surface area contributed by atoms with Gasteiger partial charge in [-0.05, 0) is 5.92 Å². The van der Waals surface area contributed by atoms with Gasteiger partial charge in [-0.15, -0.1) is 0 Å². The molecule has 0 bridgehead atoms. The van der Waals surface area contributed by atoms with Crippen LogP contribution in [0.3, 0.4) is 0 Å². The zero-order chi connectivity index (χ0) is 6.69. The smallest absolute Gasteiger partial charge is 0.118 e. The van der Waals surface area contributed by atoms with E-state index in [1.54, 1.807) is 6.20 Å². The van der Waals surface area contributed by atoms with Crippen LogP contribution in [0.25, 0.3) is 0 Å². The molecule has 1 heterocycles. The lowest BCUT2D eigenvalue weighted by molar-refractivity contribution is 0.758. The number of rotatable bonds is 0. The van der Waals surface area contributed by atoms with Crippen LogP contribution in [-0.4, -0.2) is 5.71 Å². The third-order valence-electron chi connectivity index (χ3n) is 1.29. The Morgan fingerprint density at radius 1 is 1.89 bits per heavy atom.